The molecule has 0 saturated carbocycles. The Bertz CT molecular complexity index is 604. The highest BCUT2D eigenvalue weighted by molar-refractivity contribution is 7.16. The number of rotatable bonds is 5. The molecule has 2 aliphatic rings. The van der Waals surface area contributed by atoms with Gasteiger partial charge >= 0.3 is 5.97 Å². The third-order valence-corrected chi connectivity index (χ3v) is 5.10. The quantitative estimate of drug-likeness (QED) is 0.469. The molecular formula is C16H21NO5S. The highest BCUT2D eigenvalue weighted by atomic mass is 32.1. The zero-order valence-electron chi connectivity index (χ0n) is 13.4. The first-order valence-corrected chi connectivity index (χ1v) is 8.74. The predicted octanol–water partition coefficient (Wildman–Crippen LogP) is 2.85. The van der Waals surface area contributed by atoms with Crippen molar-refractivity contribution < 1.29 is 23.7 Å². The molecule has 126 valence electrons. The summed E-state index contributed by atoms with van der Waals surface area (Å²) in [5.74, 6) is -0.845. The maximum absolute atomic E-state index is 12.4. The molecule has 0 radical (unpaired) electrons. The Hall–Kier alpha value is -1.44. The third kappa shape index (κ3) is 3.27. The molecule has 1 saturated heterocycles. The Morgan fingerprint density at radius 3 is 2.83 bits per heavy atom. The first kappa shape index (κ1) is 16.4. The van der Waals surface area contributed by atoms with Crippen LogP contribution in [0, 0.1) is 0 Å². The van der Waals surface area contributed by atoms with E-state index < -0.39 is 5.79 Å². The summed E-state index contributed by atoms with van der Waals surface area (Å²) < 4.78 is 22.0. The van der Waals surface area contributed by atoms with Crippen molar-refractivity contribution in [1.82, 2.24) is 0 Å². The number of hydrogen-bond acceptors (Lipinski definition) is 7. The average molecular weight is 339 g/mol. The largest absolute Gasteiger partial charge is 0.483 e. The molecule has 0 aromatic carbocycles. The van der Waals surface area contributed by atoms with E-state index in [4.69, 9.17) is 18.9 Å². The molecular weight excluding hydrogens is 318 g/mol. The van der Waals surface area contributed by atoms with Crippen LogP contribution in [-0.2, 0) is 31.8 Å². The molecule has 0 amide bonds. The van der Waals surface area contributed by atoms with Crippen LogP contribution >= 0.6 is 11.3 Å². The van der Waals surface area contributed by atoms with Crippen molar-refractivity contribution in [2.75, 3.05) is 26.4 Å². The lowest BCUT2D eigenvalue weighted by atomic mass is 9.91. The number of fused-ring (bicyclic) bond motifs is 1. The summed E-state index contributed by atoms with van der Waals surface area (Å²) in [5.41, 5.74) is 1.58. The summed E-state index contributed by atoms with van der Waals surface area (Å²) in [5, 5.41) is 0.636. The molecule has 1 fully saturated rings. The standard InChI is InChI=1S/C16H21NO5S/c1-3-19-10-17-14-13(15(18)20-4-2)11-5-6-16(9-12(11)23-14)21-7-8-22-16/h10H,3-9H2,1-2H3/b17-10+. The normalized spacial score (nSPS) is 19.2. The molecule has 0 unspecified atom stereocenters. The molecule has 0 atom stereocenters. The van der Waals surface area contributed by atoms with Gasteiger partial charge < -0.3 is 18.9 Å². The van der Waals surface area contributed by atoms with Crippen LogP contribution in [0.4, 0.5) is 5.00 Å². The van der Waals surface area contributed by atoms with Crippen LogP contribution in [0.2, 0.25) is 0 Å². The zero-order valence-corrected chi connectivity index (χ0v) is 14.2. The van der Waals surface area contributed by atoms with Crippen LogP contribution in [0.5, 0.6) is 0 Å². The number of thiophene rings is 1. The summed E-state index contributed by atoms with van der Waals surface area (Å²) in [7, 11) is 0. The maximum atomic E-state index is 12.4. The second-order valence-corrected chi connectivity index (χ2v) is 6.46. The lowest BCUT2D eigenvalue weighted by Gasteiger charge is -2.31. The number of hydrogen-bond donors (Lipinski definition) is 0. The molecule has 23 heavy (non-hydrogen) atoms. The van der Waals surface area contributed by atoms with Crippen molar-refractivity contribution in [2.24, 2.45) is 4.99 Å². The van der Waals surface area contributed by atoms with Gasteiger partial charge in [0.05, 0.1) is 32.0 Å². The van der Waals surface area contributed by atoms with Crippen molar-refractivity contribution in [3.8, 4) is 0 Å². The molecule has 2 heterocycles. The van der Waals surface area contributed by atoms with E-state index >= 15 is 0 Å². The van der Waals surface area contributed by atoms with E-state index in [2.05, 4.69) is 4.99 Å². The van der Waals surface area contributed by atoms with Gasteiger partial charge in [0, 0.05) is 17.7 Å². The van der Waals surface area contributed by atoms with Crippen LogP contribution in [0.3, 0.4) is 0 Å². The van der Waals surface area contributed by atoms with E-state index in [0.29, 0.717) is 43.4 Å². The summed E-state index contributed by atoms with van der Waals surface area (Å²) in [6.07, 6.45) is 3.52. The second-order valence-electron chi connectivity index (χ2n) is 5.38. The lowest BCUT2D eigenvalue weighted by Crippen LogP contribution is -2.36. The van der Waals surface area contributed by atoms with Crippen molar-refractivity contribution in [1.29, 1.82) is 0 Å². The van der Waals surface area contributed by atoms with Gasteiger partial charge in [0.2, 0.25) is 0 Å². The van der Waals surface area contributed by atoms with Gasteiger partial charge in [0.15, 0.2) is 12.2 Å². The fourth-order valence-corrected chi connectivity index (χ4v) is 4.22. The van der Waals surface area contributed by atoms with Crippen molar-refractivity contribution in [3.05, 3.63) is 16.0 Å². The van der Waals surface area contributed by atoms with Crippen molar-refractivity contribution in [2.45, 2.75) is 38.9 Å². The number of ether oxygens (including phenoxy) is 4. The Morgan fingerprint density at radius 1 is 1.35 bits per heavy atom. The fourth-order valence-electron chi connectivity index (χ4n) is 2.96. The van der Waals surface area contributed by atoms with Gasteiger partial charge in [-0.15, -0.1) is 11.3 Å². The Kier molecular flexibility index (Phi) is 4.99. The maximum Gasteiger partial charge on any atom is 0.341 e. The number of esters is 1. The molecule has 0 bridgehead atoms. The molecule has 6 nitrogen and oxygen atoms in total. The molecule has 1 aliphatic carbocycles. The summed E-state index contributed by atoms with van der Waals surface area (Å²) >= 11 is 1.49. The fraction of sp³-hybridized carbons (Fsp3) is 0.625. The van der Waals surface area contributed by atoms with Crippen LogP contribution in [0.1, 0.15) is 41.1 Å². The van der Waals surface area contributed by atoms with Gasteiger partial charge in [-0.25, -0.2) is 9.79 Å². The van der Waals surface area contributed by atoms with E-state index in [0.717, 1.165) is 23.3 Å². The van der Waals surface area contributed by atoms with Crippen LogP contribution < -0.4 is 0 Å². The number of nitrogens with zero attached hydrogens (tertiary/aromatic N) is 1. The van der Waals surface area contributed by atoms with E-state index in [-0.39, 0.29) is 5.97 Å². The summed E-state index contributed by atoms with van der Waals surface area (Å²) in [6.45, 7) is 5.81. The molecule has 1 spiro atoms. The number of carbonyl (C=O) groups is 1. The second kappa shape index (κ2) is 6.98. The monoisotopic (exact) mass is 339 g/mol. The molecule has 1 aromatic heterocycles. The predicted molar refractivity (Wildman–Crippen MR) is 86.7 cm³/mol. The first-order chi connectivity index (χ1) is 11.2. The van der Waals surface area contributed by atoms with Gasteiger partial charge in [0.1, 0.15) is 5.00 Å². The minimum atomic E-state index is -0.523. The third-order valence-electron chi connectivity index (χ3n) is 3.96. The highest BCUT2D eigenvalue weighted by Crippen LogP contribution is 2.44. The van der Waals surface area contributed by atoms with Crippen molar-refractivity contribution >= 4 is 28.7 Å². The Morgan fingerprint density at radius 2 is 2.13 bits per heavy atom. The lowest BCUT2D eigenvalue weighted by molar-refractivity contribution is -0.163. The average Bonchev–Trinajstić information content (AvgIpc) is 3.12. The Labute approximate surface area is 139 Å². The van der Waals surface area contributed by atoms with Crippen LogP contribution in [-0.4, -0.2) is 44.6 Å². The van der Waals surface area contributed by atoms with Gasteiger partial charge in [0.25, 0.3) is 0 Å². The zero-order chi connectivity index (χ0) is 16.3. The minimum absolute atomic E-state index is 0.321. The smallest absolute Gasteiger partial charge is 0.341 e. The molecule has 1 aromatic rings. The van der Waals surface area contributed by atoms with Gasteiger partial charge in [-0.05, 0) is 25.8 Å². The molecule has 1 aliphatic heterocycles. The van der Waals surface area contributed by atoms with Gasteiger partial charge in [-0.2, -0.15) is 0 Å². The van der Waals surface area contributed by atoms with E-state index in [1.165, 1.54) is 17.7 Å². The SMILES string of the molecule is CCO/C=N/c1sc2c(c1C(=O)OCC)CCC1(C2)OCCO1. The minimum Gasteiger partial charge on any atom is -0.483 e. The van der Waals surface area contributed by atoms with Crippen LogP contribution in [0.15, 0.2) is 4.99 Å². The summed E-state index contributed by atoms with van der Waals surface area (Å²) in [4.78, 5) is 17.7. The van der Waals surface area contributed by atoms with Gasteiger partial charge in [-0.1, -0.05) is 0 Å². The van der Waals surface area contributed by atoms with Crippen molar-refractivity contribution in [3.63, 3.8) is 0 Å². The number of carbonyl (C=O) groups excluding carboxylic acids is 1. The topological polar surface area (TPSA) is 66.4 Å². The molecule has 0 N–H and O–H groups in total. The van der Waals surface area contributed by atoms with E-state index in [1.807, 2.05) is 6.92 Å². The Balaban J connectivity index is 1.93. The first-order valence-electron chi connectivity index (χ1n) is 7.93. The molecule has 7 heteroatoms. The van der Waals surface area contributed by atoms with Crippen LogP contribution in [0.25, 0.3) is 0 Å². The highest BCUT2D eigenvalue weighted by Gasteiger charge is 2.42. The van der Waals surface area contributed by atoms with E-state index in [9.17, 15) is 4.79 Å². The number of aliphatic imine (C=N–C) groups is 1. The van der Waals surface area contributed by atoms with E-state index in [1.54, 1.807) is 6.92 Å². The molecule has 3 rings (SSSR count). The summed E-state index contributed by atoms with van der Waals surface area (Å²) in [6, 6.07) is 0. The van der Waals surface area contributed by atoms with Gasteiger partial charge in [-0.3, -0.25) is 0 Å².